The van der Waals surface area contributed by atoms with E-state index < -0.39 is 5.91 Å². The van der Waals surface area contributed by atoms with Crippen LogP contribution in [0.4, 0.5) is 5.82 Å². The van der Waals surface area contributed by atoms with Crippen LogP contribution in [-0.2, 0) is 9.59 Å². The molecule has 0 bridgehead atoms. The number of hydrogen-bond acceptors (Lipinski definition) is 4. The Morgan fingerprint density at radius 2 is 2.29 bits per heavy atom. The van der Waals surface area contributed by atoms with Gasteiger partial charge in [-0.1, -0.05) is 0 Å². The molecule has 0 unspecified atom stereocenters. The number of halogens is 1. The van der Waals surface area contributed by atoms with E-state index >= 15 is 0 Å². The lowest BCUT2D eigenvalue weighted by atomic mass is 10.3. The van der Waals surface area contributed by atoms with Gasteiger partial charge in [0.2, 0.25) is 11.2 Å². The van der Waals surface area contributed by atoms with Crippen LogP contribution in [0.15, 0.2) is 12.3 Å². The van der Waals surface area contributed by atoms with E-state index in [1.165, 1.54) is 19.2 Å². The quantitative estimate of drug-likeness (QED) is 0.602. The number of aromatic nitrogens is 2. The molecule has 0 saturated carbocycles. The lowest BCUT2D eigenvalue weighted by Crippen LogP contribution is -2.15. The van der Waals surface area contributed by atoms with Gasteiger partial charge in [0.15, 0.2) is 0 Å². The predicted molar refractivity (Wildman–Crippen MR) is 51.0 cm³/mol. The molecule has 1 heterocycles. The molecule has 1 aromatic heterocycles. The Bertz CT molecular complexity index is 367. The number of amides is 1. The van der Waals surface area contributed by atoms with Gasteiger partial charge in [-0.15, -0.1) is 0 Å². The van der Waals surface area contributed by atoms with E-state index in [4.69, 9.17) is 11.6 Å². The van der Waals surface area contributed by atoms with Crippen LogP contribution >= 0.6 is 11.6 Å². The van der Waals surface area contributed by atoms with Crippen LogP contribution in [0.2, 0.25) is 5.28 Å². The standard InChI is InChI=1S/C8H8ClN3O2/c1-5(13)4-7(14)11-6-2-3-10-8(9)12-6/h2-3H,4H2,1H3,(H,10,11,12,14). The normalized spacial score (nSPS) is 9.57. The molecule has 5 nitrogen and oxygen atoms in total. The second kappa shape index (κ2) is 4.66. The van der Waals surface area contributed by atoms with Crippen LogP contribution in [0, 0.1) is 0 Å². The summed E-state index contributed by atoms with van der Waals surface area (Å²) >= 11 is 5.49. The number of carbonyl (C=O) groups excluding carboxylic acids is 2. The first-order chi connectivity index (χ1) is 6.58. The van der Waals surface area contributed by atoms with Crippen LogP contribution in [0.25, 0.3) is 0 Å². The summed E-state index contributed by atoms with van der Waals surface area (Å²) in [5, 5.41) is 2.47. The van der Waals surface area contributed by atoms with Crippen molar-refractivity contribution in [3.05, 3.63) is 17.5 Å². The van der Waals surface area contributed by atoms with Gasteiger partial charge in [0.25, 0.3) is 0 Å². The van der Waals surface area contributed by atoms with Crippen LogP contribution in [0.3, 0.4) is 0 Å². The Morgan fingerprint density at radius 1 is 1.57 bits per heavy atom. The maximum Gasteiger partial charge on any atom is 0.232 e. The Labute approximate surface area is 85.5 Å². The molecule has 74 valence electrons. The Balaban J connectivity index is 2.60. The monoisotopic (exact) mass is 213 g/mol. The molecule has 0 fully saturated rings. The number of ketones is 1. The molecule has 14 heavy (non-hydrogen) atoms. The highest BCUT2D eigenvalue weighted by Gasteiger charge is 2.06. The molecule has 0 aromatic carbocycles. The molecule has 1 N–H and O–H groups in total. The average molecular weight is 214 g/mol. The molecule has 0 aliphatic rings. The smallest absolute Gasteiger partial charge is 0.232 e. The van der Waals surface area contributed by atoms with E-state index in [0.717, 1.165) is 0 Å². The van der Waals surface area contributed by atoms with Crippen LogP contribution in [0.5, 0.6) is 0 Å². The minimum Gasteiger partial charge on any atom is -0.310 e. The van der Waals surface area contributed by atoms with Crippen molar-refractivity contribution in [2.45, 2.75) is 13.3 Å². The van der Waals surface area contributed by atoms with E-state index in [9.17, 15) is 9.59 Å². The predicted octanol–water partition coefficient (Wildman–Crippen LogP) is 1.05. The van der Waals surface area contributed by atoms with Crippen molar-refractivity contribution in [2.75, 3.05) is 5.32 Å². The molecular weight excluding hydrogens is 206 g/mol. The van der Waals surface area contributed by atoms with E-state index in [-0.39, 0.29) is 23.3 Å². The highest BCUT2D eigenvalue weighted by molar-refractivity contribution is 6.28. The average Bonchev–Trinajstić information content (AvgIpc) is 2.01. The number of hydrogen-bond donors (Lipinski definition) is 1. The third kappa shape index (κ3) is 3.49. The van der Waals surface area contributed by atoms with E-state index in [1.54, 1.807) is 0 Å². The van der Waals surface area contributed by atoms with Gasteiger partial charge in [0.1, 0.15) is 11.6 Å². The second-order valence-corrected chi connectivity index (χ2v) is 2.98. The molecule has 0 atom stereocenters. The summed E-state index contributed by atoms with van der Waals surface area (Å²) in [6.07, 6.45) is 1.25. The van der Waals surface area contributed by atoms with Crippen molar-refractivity contribution in [3.63, 3.8) is 0 Å². The summed E-state index contributed by atoms with van der Waals surface area (Å²) in [4.78, 5) is 29.1. The number of Topliss-reactive ketones (excluding diaryl/α,β-unsaturated/α-hetero) is 1. The number of nitrogens with zero attached hydrogens (tertiary/aromatic N) is 2. The number of anilines is 1. The van der Waals surface area contributed by atoms with Crippen molar-refractivity contribution in [3.8, 4) is 0 Å². The number of carbonyl (C=O) groups is 2. The summed E-state index contributed by atoms with van der Waals surface area (Å²) in [6.45, 7) is 1.34. The Hall–Kier alpha value is -1.49. The lowest BCUT2D eigenvalue weighted by Gasteiger charge is -2.01. The highest BCUT2D eigenvalue weighted by atomic mass is 35.5. The van der Waals surface area contributed by atoms with Gasteiger partial charge in [-0.3, -0.25) is 9.59 Å². The van der Waals surface area contributed by atoms with Crippen molar-refractivity contribution in [2.24, 2.45) is 0 Å². The van der Waals surface area contributed by atoms with Gasteiger partial charge in [-0.2, -0.15) is 0 Å². The first-order valence-corrected chi connectivity index (χ1v) is 4.23. The molecular formula is C8H8ClN3O2. The summed E-state index contributed by atoms with van der Waals surface area (Å²) in [5.74, 6) is -0.328. The topological polar surface area (TPSA) is 72.0 Å². The second-order valence-electron chi connectivity index (χ2n) is 2.64. The number of nitrogens with one attached hydrogen (secondary N) is 1. The Morgan fingerprint density at radius 3 is 2.86 bits per heavy atom. The molecule has 6 heteroatoms. The summed E-state index contributed by atoms with van der Waals surface area (Å²) in [7, 11) is 0. The van der Waals surface area contributed by atoms with Gasteiger partial charge >= 0.3 is 0 Å². The molecule has 0 aliphatic carbocycles. The molecule has 1 rings (SSSR count). The van der Waals surface area contributed by atoms with Crippen LogP contribution in [-0.4, -0.2) is 21.7 Å². The maximum absolute atomic E-state index is 11.1. The molecule has 0 spiro atoms. The van der Waals surface area contributed by atoms with E-state index in [0.29, 0.717) is 0 Å². The fourth-order valence-corrected chi connectivity index (χ4v) is 0.965. The van der Waals surface area contributed by atoms with Crippen molar-refractivity contribution in [1.82, 2.24) is 9.97 Å². The Kier molecular flexibility index (Phi) is 3.53. The molecule has 0 saturated heterocycles. The summed E-state index contributed by atoms with van der Waals surface area (Å²) in [6, 6.07) is 1.49. The third-order valence-corrected chi connectivity index (χ3v) is 1.49. The number of rotatable bonds is 3. The zero-order chi connectivity index (χ0) is 10.6. The first kappa shape index (κ1) is 10.6. The minimum atomic E-state index is -0.410. The van der Waals surface area contributed by atoms with E-state index in [1.807, 2.05) is 0 Å². The van der Waals surface area contributed by atoms with Gasteiger partial charge in [-0.25, -0.2) is 9.97 Å². The SMILES string of the molecule is CC(=O)CC(=O)Nc1ccnc(Cl)n1. The minimum absolute atomic E-state index is 0.0469. The summed E-state index contributed by atoms with van der Waals surface area (Å²) in [5.41, 5.74) is 0. The van der Waals surface area contributed by atoms with Crippen molar-refractivity contribution >= 4 is 29.1 Å². The summed E-state index contributed by atoms with van der Waals surface area (Å²) < 4.78 is 0. The molecule has 1 aromatic rings. The van der Waals surface area contributed by atoms with Gasteiger partial charge < -0.3 is 5.32 Å². The van der Waals surface area contributed by atoms with Crippen LogP contribution in [0.1, 0.15) is 13.3 Å². The van der Waals surface area contributed by atoms with Crippen molar-refractivity contribution < 1.29 is 9.59 Å². The van der Waals surface area contributed by atoms with Crippen molar-refractivity contribution in [1.29, 1.82) is 0 Å². The fourth-order valence-electron chi connectivity index (χ4n) is 0.818. The first-order valence-electron chi connectivity index (χ1n) is 3.86. The van der Waals surface area contributed by atoms with Gasteiger partial charge in [0, 0.05) is 6.20 Å². The third-order valence-electron chi connectivity index (χ3n) is 1.30. The molecule has 1 amide bonds. The lowest BCUT2D eigenvalue weighted by molar-refractivity contribution is -0.124. The van der Waals surface area contributed by atoms with Gasteiger partial charge in [-0.05, 0) is 24.6 Å². The molecule has 0 radical (unpaired) electrons. The zero-order valence-electron chi connectivity index (χ0n) is 7.45. The maximum atomic E-state index is 11.1. The van der Waals surface area contributed by atoms with Crippen LogP contribution < -0.4 is 5.32 Å². The van der Waals surface area contributed by atoms with Gasteiger partial charge in [0.05, 0.1) is 6.42 Å². The largest absolute Gasteiger partial charge is 0.310 e. The zero-order valence-corrected chi connectivity index (χ0v) is 8.21. The van der Waals surface area contributed by atoms with E-state index in [2.05, 4.69) is 15.3 Å². The molecule has 0 aliphatic heterocycles. The fraction of sp³-hybridized carbons (Fsp3) is 0.250. The highest BCUT2D eigenvalue weighted by Crippen LogP contribution is 2.05.